The highest BCUT2D eigenvalue weighted by atomic mass is 32.2. The van der Waals surface area contributed by atoms with Crippen LogP contribution in [0.4, 0.5) is 0 Å². The summed E-state index contributed by atoms with van der Waals surface area (Å²) in [7, 11) is 0. The normalized spacial score (nSPS) is 14.7. The Labute approximate surface area is 138 Å². The van der Waals surface area contributed by atoms with Gasteiger partial charge in [-0.25, -0.2) is 0 Å². The number of carbonyl (C=O) groups excluding carboxylic acids is 1. The maximum atomic E-state index is 11.9. The first-order valence-electron chi connectivity index (χ1n) is 7.72. The van der Waals surface area contributed by atoms with E-state index in [0.29, 0.717) is 12.2 Å². The van der Waals surface area contributed by atoms with Crippen molar-refractivity contribution in [1.29, 1.82) is 0 Å². The molecule has 2 N–H and O–H groups in total. The van der Waals surface area contributed by atoms with Gasteiger partial charge in [0.15, 0.2) is 0 Å². The summed E-state index contributed by atoms with van der Waals surface area (Å²) in [5, 5.41) is 13.3. The van der Waals surface area contributed by atoms with E-state index in [-0.39, 0.29) is 17.2 Å². The van der Waals surface area contributed by atoms with Crippen LogP contribution in [0.3, 0.4) is 0 Å². The molecule has 1 rings (SSSR count). The van der Waals surface area contributed by atoms with Gasteiger partial charge in [0.25, 0.3) is 0 Å². The summed E-state index contributed by atoms with van der Waals surface area (Å²) in [4.78, 5) is 11.9. The fourth-order valence-electron chi connectivity index (χ4n) is 2.23. The molecule has 0 radical (unpaired) electrons. The van der Waals surface area contributed by atoms with Gasteiger partial charge in [0.05, 0.1) is 6.54 Å². The molecule has 1 atom stereocenters. The van der Waals surface area contributed by atoms with Gasteiger partial charge < -0.3 is 14.8 Å². The van der Waals surface area contributed by atoms with Crippen LogP contribution in [-0.2, 0) is 10.4 Å². The first-order chi connectivity index (χ1) is 10.0. The highest BCUT2D eigenvalue weighted by molar-refractivity contribution is 8.00. The Morgan fingerprint density at radius 3 is 2.45 bits per heavy atom. The lowest BCUT2D eigenvalue weighted by Crippen LogP contribution is -2.38. The lowest BCUT2D eigenvalue weighted by molar-refractivity contribution is -0.122. The van der Waals surface area contributed by atoms with E-state index >= 15 is 0 Å². The average molecular weight is 327 g/mol. The average Bonchev–Trinajstić information content (AvgIpc) is 2.71. The van der Waals surface area contributed by atoms with Crippen molar-refractivity contribution in [3.05, 3.63) is 23.2 Å². The van der Waals surface area contributed by atoms with Crippen molar-refractivity contribution in [3.8, 4) is 0 Å². The van der Waals surface area contributed by atoms with Crippen molar-refractivity contribution in [3.63, 3.8) is 0 Å². The molecule has 4 nitrogen and oxygen atoms in total. The van der Waals surface area contributed by atoms with Gasteiger partial charge in [-0.3, -0.25) is 4.79 Å². The summed E-state index contributed by atoms with van der Waals surface area (Å²) >= 11 is 1.86. The highest BCUT2D eigenvalue weighted by Crippen LogP contribution is 2.26. The van der Waals surface area contributed by atoms with Gasteiger partial charge in [-0.05, 0) is 39.0 Å². The van der Waals surface area contributed by atoms with E-state index in [9.17, 15) is 9.90 Å². The number of rotatable bonds is 7. The topological polar surface area (TPSA) is 62.5 Å². The van der Waals surface area contributed by atoms with E-state index in [1.807, 2.05) is 31.7 Å². The molecule has 1 amide bonds. The molecule has 0 aliphatic rings. The molecule has 0 fully saturated rings. The number of carbonyl (C=O) groups is 1. The van der Waals surface area contributed by atoms with Crippen LogP contribution >= 0.6 is 11.8 Å². The second-order valence-electron chi connectivity index (χ2n) is 6.94. The number of nitrogens with one attached hydrogen (secondary N) is 1. The van der Waals surface area contributed by atoms with Gasteiger partial charge in [0.2, 0.25) is 5.91 Å². The summed E-state index contributed by atoms with van der Waals surface area (Å²) in [5.41, 5.74) is -0.383. The van der Waals surface area contributed by atoms with Crippen LogP contribution in [-0.4, -0.2) is 28.1 Å². The van der Waals surface area contributed by atoms with Crippen molar-refractivity contribution in [1.82, 2.24) is 5.32 Å². The molecule has 0 saturated heterocycles. The number of amides is 1. The largest absolute Gasteiger partial charge is 0.466 e. The van der Waals surface area contributed by atoms with Crippen molar-refractivity contribution >= 4 is 17.7 Å². The van der Waals surface area contributed by atoms with E-state index in [1.165, 1.54) is 0 Å². The summed E-state index contributed by atoms with van der Waals surface area (Å²) in [6, 6.07) is 1.82. The standard InChI is InChI=1S/C17H29NO3S/c1-12-10-14(13(2)21-12)17(6,20)11-18-15(19)8-7-9-22-16(3,4)5/h10,20H,7-9,11H2,1-6H3,(H,18,19). The predicted molar refractivity (Wildman–Crippen MR) is 92.2 cm³/mol. The SMILES string of the molecule is Cc1cc(C(C)(O)CNC(=O)CCCSC(C)(C)C)c(C)o1. The van der Waals surface area contributed by atoms with Gasteiger partial charge in [0, 0.05) is 16.7 Å². The summed E-state index contributed by atoms with van der Waals surface area (Å²) in [6.45, 7) is 12.1. The highest BCUT2D eigenvalue weighted by Gasteiger charge is 2.28. The third-order valence-corrected chi connectivity index (χ3v) is 4.69. The van der Waals surface area contributed by atoms with Crippen LogP contribution in [0, 0.1) is 13.8 Å². The van der Waals surface area contributed by atoms with Crippen molar-refractivity contribution in [2.75, 3.05) is 12.3 Å². The molecule has 0 aliphatic heterocycles. The molecule has 1 aromatic rings. The number of furan rings is 1. The Morgan fingerprint density at radius 2 is 1.95 bits per heavy atom. The Hall–Kier alpha value is -0.940. The molecular weight excluding hydrogens is 298 g/mol. The summed E-state index contributed by atoms with van der Waals surface area (Å²) < 4.78 is 5.68. The van der Waals surface area contributed by atoms with Crippen LogP contribution in [0.5, 0.6) is 0 Å². The molecule has 0 bridgehead atoms. The van der Waals surface area contributed by atoms with Crippen LogP contribution in [0.1, 0.15) is 57.6 Å². The van der Waals surface area contributed by atoms with Crippen molar-refractivity contribution in [2.45, 2.75) is 64.7 Å². The van der Waals surface area contributed by atoms with Gasteiger partial charge in [-0.2, -0.15) is 11.8 Å². The number of aliphatic hydroxyl groups is 1. The third kappa shape index (κ3) is 6.44. The lowest BCUT2D eigenvalue weighted by Gasteiger charge is -2.23. The van der Waals surface area contributed by atoms with E-state index in [0.717, 1.165) is 23.5 Å². The molecular formula is C17H29NO3S. The third-order valence-electron chi connectivity index (χ3n) is 3.33. The monoisotopic (exact) mass is 327 g/mol. The fourth-order valence-corrected chi connectivity index (χ4v) is 3.13. The molecule has 22 heavy (non-hydrogen) atoms. The van der Waals surface area contributed by atoms with Gasteiger partial charge in [-0.15, -0.1) is 0 Å². The Balaban J connectivity index is 2.38. The second-order valence-corrected chi connectivity index (χ2v) is 8.86. The Morgan fingerprint density at radius 1 is 1.32 bits per heavy atom. The Kier molecular flexibility index (Phi) is 6.56. The van der Waals surface area contributed by atoms with Crippen LogP contribution in [0.25, 0.3) is 0 Å². The zero-order valence-electron chi connectivity index (χ0n) is 14.6. The van der Waals surface area contributed by atoms with E-state index in [1.54, 1.807) is 6.92 Å². The molecule has 1 heterocycles. The van der Waals surface area contributed by atoms with Gasteiger partial charge in [0.1, 0.15) is 17.1 Å². The zero-order valence-corrected chi connectivity index (χ0v) is 15.4. The van der Waals surface area contributed by atoms with E-state index < -0.39 is 5.60 Å². The maximum Gasteiger partial charge on any atom is 0.220 e. The van der Waals surface area contributed by atoms with Crippen LogP contribution in [0.2, 0.25) is 0 Å². The van der Waals surface area contributed by atoms with Crippen molar-refractivity contribution in [2.24, 2.45) is 0 Å². The minimum Gasteiger partial charge on any atom is -0.466 e. The molecule has 0 aromatic carbocycles. The first-order valence-corrected chi connectivity index (χ1v) is 8.70. The molecule has 1 unspecified atom stereocenters. The smallest absolute Gasteiger partial charge is 0.220 e. The quantitative estimate of drug-likeness (QED) is 0.752. The summed E-state index contributed by atoms with van der Waals surface area (Å²) in [6.07, 6.45) is 1.34. The zero-order chi connectivity index (χ0) is 17.0. The van der Waals surface area contributed by atoms with Crippen LogP contribution in [0.15, 0.2) is 10.5 Å². The summed E-state index contributed by atoms with van der Waals surface area (Å²) in [5.74, 6) is 2.40. The van der Waals surface area contributed by atoms with Gasteiger partial charge in [-0.1, -0.05) is 20.8 Å². The number of hydrogen-bond acceptors (Lipinski definition) is 4. The predicted octanol–water partition coefficient (Wildman–Crippen LogP) is 3.53. The van der Waals surface area contributed by atoms with Gasteiger partial charge >= 0.3 is 0 Å². The molecule has 126 valence electrons. The number of thioether (sulfide) groups is 1. The van der Waals surface area contributed by atoms with Crippen molar-refractivity contribution < 1.29 is 14.3 Å². The Bertz CT molecular complexity index is 500. The fraction of sp³-hybridized carbons (Fsp3) is 0.706. The van der Waals surface area contributed by atoms with E-state index in [2.05, 4.69) is 26.1 Å². The molecule has 5 heteroatoms. The van der Waals surface area contributed by atoms with Crippen LogP contribution < -0.4 is 5.32 Å². The lowest BCUT2D eigenvalue weighted by atomic mass is 9.96. The van der Waals surface area contributed by atoms with E-state index in [4.69, 9.17) is 4.42 Å². The minimum atomic E-state index is -1.11. The minimum absolute atomic E-state index is 0.0207. The second kappa shape index (κ2) is 7.55. The molecule has 0 aliphatic carbocycles. The molecule has 0 saturated carbocycles. The maximum absolute atomic E-state index is 11.9. The first kappa shape index (κ1) is 19.1. The molecule has 1 aromatic heterocycles. The number of hydrogen-bond donors (Lipinski definition) is 2. The molecule has 0 spiro atoms. The number of aryl methyl sites for hydroxylation is 2.